The fraction of sp³-hybridized carbons (Fsp3) is 0. The Morgan fingerprint density at radius 3 is 1.81 bits per heavy atom. The van der Waals surface area contributed by atoms with E-state index < -0.39 is 0 Å². The van der Waals surface area contributed by atoms with Crippen molar-refractivity contribution < 1.29 is 0 Å². The maximum absolute atomic E-state index is 8.99. The van der Waals surface area contributed by atoms with Gasteiger partial charge < -0.3 is 4.90 Å². The van der Waals surface area contributed by atoms with Crippen molar-refractivity contribution in [2.24, 2.45) is 0 Å². The number of rotatable bonds is 7. The molecule has 0 unspecified atom stereocenters. The second-order valence-corrected chi connectivity index (χ2v) is 11.2. The third-order valence-corrected chi connectivity index (χ3v) is 7.76. The molecule has 0 aliphatic rings. The summed E-state index contributed by atoms with van der Waals surface area (Å²) in [6.07, 6.45) is 6.27. The third kappa shape index (κ3) is 6.33. The van der Waals surface area contributed by atoms with Crippen LogP contribution in [0.1, 0.15) is 16.0 Å². The van der Waals surface area contributed by atoms with Gasteiger partial charge in [-0.25, -0.2) is 0 Å². The molecule has 0 fully saturated rings. The Balaban J connectivity index is 1.32. The van der Waals surface area contributed by atoms with Gasteiger partial charge in [-0.15, -0.1) is 0 Å². The van der Waals surface area contributed by atoms with Gasteiger partial charge in [-0.05, 0) is 36.4 Å². The number of anilines is 3. The molecule has 0 N–H and O–H groups in total. The van der Waals surface area contributed by atoms with E-state index >= 15 is 0 Å². The Labute approximate surface area is 237 Å². The van der Waals surface area contributed by atoms with E-state index in [0.29, 0.717) is 0 Å². The number of thiophene rings is 1. The molecule has 4 aromatic carbocycles. The predicted molar refractivity (Wildman–Crippen MR) is 159 cm³/mol. The zero-order valence-corrected chi connectivity index (χ0v) is 24.0. The van der Waals surface area contributed by atoms with Crippen molar-refractivity contribution in [2.45, 2.75) is 0 Å². The SMILES string of the molecule is N#C/[C]([Po])=C\c1ccc(-c2ccc(/C=C/c3ccc(N(c4ccccc4)c4ccccc4)cc3)s2)cc1. The van der Waals surface area contributed by atoms with Crippen molar-refractivity contribution in [3.05, 3.63) is 141 Å². The van der Waals surface area contributed by atoms with E-state index in [-0.39, 0.29) is 0 Å². The van der Waals surface area contributed by atoms with Crippen molar-refractivity contribution >= 4 is 71.7 Å². The molecule has 0 aliphatic carbocycles. The van der Waals surface area contributed by atoms with Crippen molar-refractivity contribution in [3.8, 4) is 16.5 Å². The van der Waals surface area contributed by atoms with Crippen LogP contribution < -0.4 is 4.90 Å². The molecule has 1 aromatic heterocycles. The number of hydrogen-bond acceptors (Lipinski definition) is 3. The number of benzene rings is 4. The first-order valence-electron chi connectivity index (χ1n) is 11.9. The molecule has 1 radical (unpaired) electrons. The van der Waals surface area contributed by atoms with Gasteiger partial charge in [-0.1, -0.05) is 48.5 Å². The molecule has 0 amide bonds. The summed E-state index contributed by atoms with van der Waals surface area (Å²) in [6.45, 7) is 0. The second-order valence-electron chi connectivity index (χ2n) is 8.38. The molecular weight excluding hydrogens is 665 g/mol. The third-order valence-electron chi connectivity index (χ3n) is 5.85. The average Bonchev–Trinajstić information content (AvgIpc) is 3.43. The summed E-state index contributed by atoms with van der Waals surface area (Å²) in [5, 5.41) is 8.99. The molecule has 0 saturated carbocycles. The van der Waals surface area contributed by atoms with Crippen molar-refractivity contribution in [2.75, 3.05) is 4.90 Å². The summed E-state index contributed by atoms with van der Waals surface area (Å²) in [4.78, 5) is 4.71. The number of nitrogens with zero attached hydrogens (tertiary/aromatic N) is 2. The summed E-state index contributed by atoms with van der Waals surface area (Å²) in [5.74, 6) is 0. The van der Waals surface area contributed by atoms with E-state index in [0.717, 1.165) is 31.4 Å². The average molecular weight is 689 g/mol. The Morgan fingerprint density at radius 2 is 1.22 bits per heavy atom. The number of allylic oxidation sites excluding steroid dienone is 1. The van der Waals surface area contributed by atoms with Crippen LogP contribution >= 0.6 is 11.3 Å². The van der Waals surface area contributed by atoms with E-state index in [1.165, 1.54) is 40.4 Å². The van der Waals surface area contributed by atoms with E-state index in [1.807, 2.05) is 18.2 Å². The zero-order valence-electron chi connectivity index (χ0n) is 20.0. The quantitative estimate of drug-likeness (QED) is 0.160. The van der Waals surface area contributed by atoms with E-state index in [2.05, 4.69) is 132 Å². The Bertz CT molecular complexity index is 1520. The molecule has 5 rings (SSSR count). The molecule has 0 saturated heterocycles. The van der Waals surface area contributed by atoms with Gasteiger partial charge >= 0.3 is 132 Å². The normalized spacial score (nSPS) is 11.4. The van der Waals surface area contributed by atoms with Gasteiger partial charge in [-0.3, -0.25) is 0 Å². The van der Waals surface area contributed by atoms with Crippen LogP contribution in [0.25, 0.3) is 28.7 Å². The van der Waals surface area contributed by atoms with E-state index in [1.54, 1.807) is 11.3 Å². The monoisotopic (exact) mass is 688 g/mol. The van der Waals surface area contributed by atoms with Crippen LogP contribution in [0.5, 0.6) is 0 Å². The van der Waals surface area contributed by atoms with Gasteiger partial charge in [-0.2, -0.15) is 0 Å². The minimum absolute atomic E-state index is 0.789. The van der Waals surface area contributed by atoms with Crippen molar-refractivity contribution in [1.29, 1.82) is 5.26 Å². The van der Waals surface area contributed by atoms with Gasteiger partial charge in [0.2, 0.25) is 0 Å². The van der Waals surface area contributed by atoms with Crippen LogP contribution in [0.2, 0.25) is 0 Å². The van der Waals surface area contributed by atoms with Crippen LogP contribution in [0.4, 0.5) is 17.1 Å². The van der Waals surface area contributed by atoms with Crippen LogP contribution in [-0.2, 0) is 0 Å². The molecule has 0 spiro atoms. The first-order valence-corrected chi connectivity index (χ1v) is 14.3. The molecule has 0 bridgehead atoms. The van der Waals surface area contributed by atoms with Crippen LogP contribution in [0, 0.1) is 11.3 Å². The zero-order chi connectivity index (χ0) is 25.5. The first kappa shape index (κ1) is 24.9. The number of nitriles is 1. The number of hydrogen-bond donors (Lipinski definition) is 0. The van der Waals surface area contributed by atoms with Crippen LogP contribution in [-0.4, -0.2) is 25.1 Å². The molecule has 4 heteroatoms. The first-order chi connectivity index (χ1) is 18.2. The molecule has 5 aromatic rings. The van der Waals surface area contributed by atoms with Crippen LogP contribution in [0.15, 0.2) is 125 Å². The molecule has 0 atom stereocenters. The molecule has 2 nitrogen and oxygen atoms in total. The Morgan fingerprint density at radius 1 is 0.649 bits per heavy atom. The van der Waals surface area contributed by atoms with Gasteiger partial charge in [0, 0.05) is 17.1 Å². The molecule has 0 aliphatic heterocycles. The molecule has 1 heterocycles. The standard InChI is InChI=1S/C33H23N2S.Po/c34-25-7-8-26-13-18-28(19-14-26)33-24-23-32(36-33)22-17-27-15-20-31(21-16-27)35(29-9-3-1-4-10-29)30-11-5-2-6-12-30;/h1-6,8-24H;/b8-7?,22-17+;. The van der Waals surface area contributed by atoms with Gasteiger partial charge in [0.25, 0.3) is 0 Å². The van der Waals surface area contributed by atoms with Crippen molar-refractivity contribution in [1.82, 2.24) is 0 Å². The topological polar surface area (TPSA) is 27.0 Å². The van der Waals surface area contributed by atoms with Crippen LogP contribution in [0.3, 0.4) is 0 Å². The summed E-state index contributed by atoms with van der Waals surface area (Å²) >= 11 is 2.96. The fourth-order valence-electron chi connectivity index (χ4n) is 4.04. The van der Waals surface area contributed by atoms with E-state index in [4.69, 9.17) is 5.26 Å². The summed E-state index contributed by atoms with van der Waals surface area (Å²) in [6, 6.07) is 44.5. The summed E-state index contributed by atoms with van der Waals surface area (Å²) in [7, 11) is 0. The molecular formula is C33H23N2PoS. The Kier molecular flexibility index (Phi) is 8.07. The second kappa shape index (κ2) is 12.0. The van der Waals surface area contributed by atoms with Gasteiger partial charge in [0.1, 0.15) is 0 Å². The summed E-state index contributed by atoms with van der Waals surface area (Å²) in [5.41, 5.74) is 6.80. The molecule has 37 heavy (non-hydrogen) atoms. The maximum atomic E-state index is 8.99. The van der Waals surface area contributed by atoms with E-state index in [9.17, 15) is 0 Å². The summed E-state index contributed by atoms with van der Waals surface area (Å²) < 4.78 is 0.789. The number of para-hydroxylation sites is 2. The fourth-order valence-corrected chi connectivity index (χ4v) is 5.48. The predicted octanol–water partition coefficient (Wildman–Crippen LogP) is 9.09. The van der Waals surface area contributed by atoms with Gasteiger partial charge in [0.05, 0.1) is 0 Å². The minimum atomic E-state index is 0.789. The van der Waals surface area contributed by atoms with Gasteiger partial charge in [0.15, 0.2) is 0 Å². The molecule has 177 valence electrons. The Hall–Kier alpha value is -3.75. The van der Waals surface area contributed by atoms with Crippen molar-refractivity contribution in [3.63, 3.8) is 0 Å².